The molecule has 1 aromatic carbocycles. The first-order valence-electron chi connectivity index (χ1n) is 7.39. The Morgan fingerprint density at radius 3 is 2.67 bits per heavy atom. The van der Waals surface area contributed by atoms with Crippen molar-refractivity contribution >= 4 is 10.0 Å². The van der Waals surface area contributed by atoms with Gasteiger partial charge in [-0.1, -0.05) is 12.1 Å². The Morgan fingerprint density at radius 2 is 2.05 bits per heavy atom. The molecule has 0 aliphatic carbocycles. The predicted octanol–water partition coefficient (Wildman–Crippen LogP) is 1.60. The topological polar surface area (TPSA) is 58.6 Å². The number of methoxy groups -OCH3 is 1. The summed E-state index contributed by atoms with van der Waals surface area (Å²) in [4.78, 5) is 0. The lowest BCUT2D eigenvalue weighted by molar-refractivity contribution is 0.289. The fourth-order valence-electron chi connectivity index (χ4n) is 2.57. The normalized spacial score (nSPS) is 17.8. The molecule has 0 radical (unpaired) electrons. The van der Waals surface area contributed by atoms with Gasteiger partial charge in [-0.15, -0.1) is 0 Å². The van der Waals surface area contributed by atoms with Gasteiger partial charge in [0, 0.05) is 25.7 Å². The molecule has 1 aliphatic heterocycles. The Balaban J connectivity index is 1.81. The minimum absolute atomic E-state index is 0.189. The minimum Gasteiger partial charge on any atom is -0.497 e. The van der Waals surface area contributed by atoms with Gasteiger partial charge in [-0.2, -0.15) is 0 Å². The first-order chi connectivity index (χ1) is 10.0. The summed E-state index contributed by atoms with van der Waals surface area (Å²) in [5.74, 6) is 1.05. The second-order valence-corrected chi connectivity index (χ2v) is 7.56. The van der Waals surface area contributed by atoms with Gasteiger partial charge >= 0.3 is 0 Å². The summed E-state index contributed by atoms with van der Waals surface area (Å²) < 4.78 is 30.4. The van der Waals surface area contributed by atoms with Crippen LogP contribution in [0.4, 0.5) is 0 Å². The highest BCUT2D eigenvalue weighted by molar-refractivity contribution is 7.89. The van der Waals surface area contributed by atoms with E-state index in [-0.39, 0.29) is 5.75 Å². The highest BCUT2D eigenvalue weighted by Crippen LogP contribution is 2.16. The van der Waals surface area contributed by atoms with Gasteiger partial charge in [0.05, 0.1) is 12.9 Å². The third-order valence-corrected chi connectivity index (χ3v) is 5.82. The number of sulfonamides is 1. The molecule has 1 heterocycles. The van der Waals surface area contributed by atoms with E-state index in [0.29, 0.717) is 19.1 Å². The maximum atomic E-state index is 11.8. The summed E-state index contributed by atoms with van der Waals surface area (Å²) in [6.07, 6.45) is 1.73. The molecule has 118 valence electrons. The van der Waals surface area contributed by atoms with Crippen LogP contribution in [-0.2, 0) is 16.6 Å². The number of rotatable bonds is 6. The number of hydrogen-bond acceptors (Lipinski definition) is 4. The van der Waals surface area contributed by atoms with Gasteiger partial charge in [-0.25, -0.2) is 12.7 Å². The molecule has 0 spiro atoms. The molecule has 0 aromatic heterocycles. The maximum absolute atomic E-state index is 11.8. The quantitative estimate of drug-likeness (QED) is 0.867. The smallest absolute Gasteiger partial charge is 0.213 e. The average molecular weight is 312 g/mol. The third-order valence-electron chi connectivity index (χ3n) is 3.94. The van der Waals surface area contributed by atoms with E-state index in [2.05, 4.69) is 11.4 Å². The van der Waals surface area contributed by atoms with E-state index in [9.17, 15) is 8.42 Å². The van der Waals surface area contributed by atoms with Crippen LogP contribution in [-0.4, -0.2) is 44.7 Å². The second kappa shape index (κ2) is 7.24. The van der Waals surface area contributed by atoms with E-state index < -0.39 is 10.0 Å². The van der Waals surface area contributed by atoms with Gasteiger partial charge in [0.2, 0.25) is 10.0 Å². The maximum Gasteiger partial charge on any atom is 0.213 e. The van der Waals surface area contributed by atoms with Crippen molar-refractivity contribution in [1.29, 1.82) is 0 Å². The zero-order valence-electron chi connectivity index (χ0n) is 12.7. The zero-order valence-corrected chi connectivity index (χ0v) is 13.5. The summed E-state index contributed by atoms with van der Waals surface area (Å²) in [7, 11) is -1.37. The van der Waals surface area contributed by atoms with Crippen LogP contribution in [0.2, 0.25) is 0 Å². The Morgan fingerprint density at radius 1 is 1.33 bits per heavy atom. The molecule has 21 heavy (non-hydrogen) atoms. The largest absolute Gasteiger partial charge is 0.497 e. The molecule has 5 nitrogen and oxygen atoms in total. The molecule has 1 fully saturated rings. The Labute approximate surface area is 127 Å². The molecule has 0 amide bonds. The van der Waals surface area contributed by atoms with E-state index in [1.54, 1.807) is 18.3 Å². The fourth-order valence-corrected chi connectivity index (χ4v) is 3.70. The zero-order chi connectivity index (χ0) is 15.3. The van der Waals surface area contributed by atoms with E-state index >= 15 is 0 Å². The Kier molecular flexibility index (Phi) is 5.61. The fraction of sp³-hybridized carbons (Fsp3) is 0.600. The van der Waals surface area contributed by atoms with Crippen molar-refractivity contribution in [1.82, 2.24) is 9.62 Å². The van der Waals surface area contributed by atoms with Crippen molar-refractivity contribution in [3.05, 3.63) is 29.8 Å². The summed E-state index contributed by atoms with van der Waals surface area (Å²) >= 11 is 0. The second-order valence-electron chi connectivity index (χ2n) is 5.31. The molecule has 1 aliphatic rings. The molecular formula is C15H24N2O3S. The summed E-state index contributed by atoms with van der Waals surface area (Å²) in [6.45, 7) is 3.71. The van der Waals surface area contributed by atoms with Crippen LogP contribution in [0.5, 0.6) is 5.75 Å². The number of piperidine rings is 1. The van der Waals surface area contributed by atoms with Crippen LogP contribution in [0.15, 0.2) is 24.3 Å². The molecule has 0 unspecified atom stereocenters. The van der Waals surface area contributed by atoms with E-state index in [1.165, 1.54) is 5.56 Å². The van der Waals surface area contributed by atoms with Crippen molar-refractivity contribution in [3.8, 4) is 5.75 Å². The van der Waals surface area contributed by atoms with Gasteiger partial charge in [0.1, 0.15) is 5.75 Å². The lowest BCUT2D eigenvalue weighted by Crippen LogP contribution is -2.45. The van der Waals surface area contributed by atoms with Crippen molar-refractivity contribution in [2.45, 2.75) is 32.4 Å². The van der Waals surface area contributed by atoms with Crippen LogP contribution in [0.3, 0.4) is 0 Å². The molecule has 0 bridgehead atoms. The van der Waals surface area contributed by atoms with E-state index in [1.807, 2.05) is 18.2 Å². The SMILES string of the molecule is CCS(=O)(=O)N1CCC(NCc2cccc(OC)c2)CC1. The summed E-state index contributed by atoms with van der Waals surface area (Å²) in [5, 5.41) is 3.50. The van der Waals surface area contributed by atoms with E-state index in [0.717, 1.165) is 25.1 Å². The van der Waals surface area contributed by atoms with Gasteiger partial charge in [-0.05, 0) is 37.5 Å². The standard InChI is InChI=1S/C15H24N2O3S/c1-3-21(18,19)17-9-7-14(8-10-17)16-12-13-5-4-6-15(11-13)20-2/h4-6,11,14,16H,3,7-10,12H2,1-2H3. The number of nitrogens with one attached hydrogen (secondary N) is 1. The van der Waals surface area contributed by atoms with Gasteiger partial charge in [0.15, 0.2) is 0 Å². The molecule has 1 aromatic rings. The number of hydrogen-bond donors (Lipinski definition) is 1. The van der Waals surface area contributed by atoms with Crippen molar-refractivity contribution in [2.24, 2.45) is 0 Å². The van der Waals surface area contributed by atoms with Crippen molar-refractivity contribution in [3.63, 3.8) is 0 Å². The van der Waals surface area contributed by atoms with E-state index in [4.69, 9.17) is 4.74 Å². The molecule has 1 N–H and O–H groups in total. The number of ether oxygens (including phenoxy) is 1. The highest BCUT2D eigenvalue weighted by atomic mass is 32.2. The first-order valence-corrected chi connectivity index (χ1v) is 9.00. The van der Waals surface area contributed by atoms with Crippen molar-refractivity contribution in [2.75, 3.05) is 26.0 Å². The molecule has 2 rings (SSSR count). The number of benzene rings is 1. The van der Waals surface area contributed by atoms with Crippen molar-refractivity contribution < 1.29 is 13.2 Å². The van der Waals surface area contributed by atoms with Crippen LogP contribution in [0, 0.1) is 0 Å². The molecule has 0 atom stereocenters. The molecular weight excluding hydrogens is 288 g/mol. The molecule has 6 heteroatoms. The van der Waals surface area contributed by atoms with Crippen LogP contribution in [0.1, 0.15) is 25.3 Å². The molecule has 0 saturated carbocycles. The summed E-state index contributed by atoms with van der Waals surface area (Å²) in [6, 6.07) is 8.36. The molecule has 1 saturated heterocycles. The predicted molar refractivity (Wildman–Crippen MR) is 83.9 cm³/mol. The van der Waals surface area contributed by atoms with Gasteiger partial charge in [-0.3, -0.25) is 0 Å². The Bertz CT molecular complexity index is 552. The summed E-state index contributed by atoms with van der Waals surface area (Å²) in [5.41, 5.74) is 1.18. The highest BCUT2D eigenvalue weighted by Gasteiger charge is 2.26. The lowest BCUT2D eigenvalue weighted by Gasteiger charge is -2.31. The van der Waals surface area contributed by atoms with Crippen LogP contribution >= 0.6 is 0 Å². The number of nitrogens with zero attached hydrogens (tertiary/aromatic N) is 1. The first kappa shape index (κ1) is 16.3. The Hall–Kier alpha value is -1.11. The third kappa shape index (κ3) is 4.43. The minimum atomic E-state index is -3.03. The lowest BCUT2D eigenvalue weighted by atomic mass is 10.1. The van der Waals surface area contributed by atoms with Crippen LogP contribution in [0.25, 0.3) is 0 Å². The average Bonchev–Trinajstić information content (AvgIpc) is 2.53. The monoisotopic (exact) mass is 312 g/mol. The van der Waals surface area contributed by atoms with Crippen LogP contribution < -0.4 is 10.1 Å². The van der Waals surface area contributed by atoms with Gasteiger partial charge < -0.3 is 10.1 Å². The van der Waals surface area contributed by atoms with Gasteiger partial charge in [0.25, 0.3) is 0 Å².